The summed E-state index contributed by atoms with van der Waals surface area (Å²) in [6, 6.07) is 11.5. The number of rotatable bonds is 6. The van der Waals surface area contributed by atoms with Crippen molar-refractivity contribution in [3.8, 4) is 0 Å². The Balaban J connectivity index is 1.55. The third-order valence-corrected chi connectivity index (χ3v) is 7.90. The van der Waals surface area contributed by atoms with E-state index in [1.165, 1.54) is 28.2 Å². The highest BCUT2D eigenvalue weighted by molar-refractivity contribution is 7.98. The van der Waals surface area contributed by atoms with Crippen LogP contribution < -0.4 is 5.32 Å². The molecule has 2 aromatic rings. The number of nitrogens with zero attached hydrogens (tertiary/aromatic N) is 1. The van der Waals surface area contributed by atoms with Crippen molar-refractivity contribution in [2.24, 2.45) is 5.92 Å². The van der Waals surface area contributed by atoms with Gasteiger partial charge in [0, 0.05) is 30.4 Å². The maximum absolute atomic E-state index is 12.8. The molecule has 0 atom stereocenters. The van der Waals surface area contributed by atoms with E-state index in [2.05, 4.69) is 5.32 Å². The molecule has 0 spiro atoms. The molecule has 2 aromatic carbocycles. The summed E-state index contributed by atoms with van der Waals surface area (Å²) in [5, 5.41) is 2.67. The van der Waals surface area contributed by atoms with Gasteiger partial charge in [-0.2, -0.15) is 17.5 Å². The van der Waals surface area contributed by atoms with Crippen molar-refractivity contribution in [3.05, 3.63) is 59.7 Å². The van der Waals surface area contributed by atoms with E-state index in [4.69, 9.17) is 0 Å². The van der Waals surface area contributed by atoms with E-state index in [-0.39, 0.29) is 36.4 Å². The van der Waals surface area contributed by atoms with E-state index in [0.29, 0.717) is 18.4 Å². The average molecular weight is 473 g/mol. The quantitative estimate of drug-likeness (QED) is 0.642. The normalized spacial score (nSPS) is 16.3. The Hall–Kier alpha value is -2.04. The molecule has 168 valence electrons. The number of thioether (sulfide) groups is 1. The molecular formula is C21H23F3N2O3S2. The van der Waals surface area contributed by atoms with E-state index >= 15 is 0 Å². The summed E-state index contributed by atoms with van der Waals surface area (Å²) < 4.78 is 65.4. The summed E-state index contributed by atoms with van der Waals surface area (Å²) in [5.74, 6) is -0.658. The number of amides is 1. The minimum Gasteiger partial charge on any atom is -0.352 e. The van der Waals surface area contributed by atoms with Gasteiger partial charge in [-0.1, -0.05) is 12.1 Å². The molecule has 0 aliphatic carbocycles. The predicted octanol–water partition coefficient (Wildman–Crippen LogP) is 4.14. The summed E-state index contributed by atoms with van der Waals surface area (Å²) >= 11 is 1.52. The van der Waals surface area contributed by atoms with E-state index in [1.807, 2.05) is 6.26 Å². The topological polar surface area (TPSA) is 66.5 Å². The van der Waals surface area contributed by atoms with Crippen molar-refractivity contribution in [2.45, 2.75) is 35.4 Å². The van der Waals surface area contributed by atoms with Crippen LogP contribution in [0, 0.1) is 5.92 Å². The minimum absolute atomic E-state index is 0.0109. The summed E-state index contributed by atoms with van der Waals surface area (Å²) in [6.45, 7) is 0.422. The number of hydrogen-bond acceptors (Lipinski definition) is 4. The Morgan fingerprint density at radius 3 is 2.35 bits per heavy atom. The van der Waals surface area contributed by atoms with Crippen LogP contribution >= 0.6 is 11.8 Å². The lowest BCUT2D eigenvalue weighted by molar-refractivity contribution is -0.137. The Morgan fingerprint density at radius 1 is 1.13 bits per heavy atom. The number of benzene rings is 2. The zero-order chi connectivity index (χ0) is 22.6. The van der Waals surface area contributed by atoms with Crippen molar-refractivity contribution >= 4 is 27.7 Å². The lowest BCUT2D eigenvalue weighted by Gasteiger charge is -2.30. The number of nitrogens with one attached hydrogen (secondary N) is 1. The molecule has 1 fully saturated rings. The van der Waals surface area contributed by atoms with Gasteiger partial charge in [0.25, 0.3) is 0 Å². The van der Waals surface area contributed by atoms with E-state index in [1.54, 1.807) is 24.3 Å². The van der Waals surface area contributed by atoms with Crippen LogP contribution in [0.5, 0.6) is 0 Å². The Bertz CT molecular complexity index is 1020. The number of hydrogen-bond donors (Lipinski definition) is 1. The first-order valence-electron chi connectivity index (χ1n) is 9.69. The Labute approximate surface area is 184 Å². The third kappa shape index (κ3) is 5.81. The lowest BCUT2D eigenvalue weighted by Crippen LogP contribution is -2.42. The zero-order valence-electron chi connectivity index (χ0n) is 16.9. The second-order valence-corrected chi connectivity index (χ2v) is 10.1. The number of halogens is 3. The van der Waals surface area contributed by atoms with E-state index in [0.717, 1.165) is 17.0 Å². The van der Waals surface area contributed by atoms with Crippen LogP contribution in [0.2, 0.25) is 0 Å². The van der Waals surface area contributed by atoms with Crippen molar-refractivity contribution in [1.82, 2.24) is 9.62 Å². The van der Waals surface area contributed by atoms with Gasteiger partial charge >= 0.3 is 6.18 Å². The summed E-state index contributed by atoms with van der Waals surface area (Å²) in [6.07, 6.45) is -1.81. The van der Waals surface area contributed by atoms with Crippen LogP contribution in [0.3, 0.4) is 0 Å². The molecule has 1 amide bonds. The Kier molecular flexibility index (Phi) is 7.33. The van der Waals surface area contributed by atoms with Gasteiger partial charge in [-0.05, 0) is 61.1 Å². The molecule has 5 nitrogen and oxygen atoms in total. The number of carbonyl (C=O) groups excluding carboxylic acids is 1. The first-order chi connectivity index (χ1) is 14.6. The molecule has 1 aliphatic heterocycles. The van der Waals surface area contributed by atoms with Crippen molar-refractivity contribution in [3.63, 3.8) is 0 Å². The molecule has 1 N–H and O–H groups in total. The number of piperidine rings is 1. The maximum atomic E-state index is 12.8. The maximum Gasteiger partial charge on any atom is 0.416 e. The fraction of sp³-hybridized carbons (Fsp3) is 0.381. The van der Waals surface area contributed by atoms with Crippen LogP contribution in [0.15, 0.2) is 58.3 Å². The first kappa shape index (κ1) is 23.6. The highest BCUT2D eigenvalue weighted by atomic mass is 32.2. The van der Waals surface area contributed by atoms with Gasteiger partial charge in [0.05, 0.1) is 10.5 Å². The molecule has 10 heteroatoms. The SMILES string of the molecule is CSc1ccc(S(=O)(=O)N2CCC(C(=O)NCc3cccc(C(F)(F)F)c3)CC2)cc1. The largest absolute Gasteiger partial charge is 0.416 e. The van der Waals surface area contributed by atoms with Crippen LogP contribution in [0.25, 0.3) is 0 Å². The minimum atomic E-state index is -4.44. The molecular weight excluding hydrogens is 449 g/mol. The highest BCUT2D eigenvalue weighted by Gasteiger charge is 2.32. The molecule has 3 rings (SSSR count). The monoisotopic (exact) mass is 472 g/mol. The number of alkyl halides is 3. The molecule has 0 saturated carbocycles. The second kappa shape index (κ2) is 9.62. The molecule has 1 aliphatic rings. The second-order valence-electron chi connectivity index (χ2n) is 7.27. The van der Waals surface area contributed by atoms with Crippen molar-refractivity contribution in [2.75, 3.05) is 19.3 Å². The fourth-order valence-corrected chi connectivity index (χ4v) is 5.32. The molecule has 0 bridgehead atoms. The van der Waals surface area contributed by atoms with Crippen LogP contribution in [0.4, 0.5) is 13.2 Å². The fourth-order valence-electron chi connectivity index (χ4n) is 3.45. The first-order valence-corrected chi connectivity index (χ1v) is 12.4. The molecule has 0 aromatic heterocycles. The van der Waals surface area contributed by atoms with Gasteiger partial charge in [0.1, 0.15) is 0 Å². The van der Waals surface area contributed by atoms with Gasteiger partial charge < -0.3 is 5.32 Å². The zero-order valence-corrected chi connectivity index (χ0v) is 18.5. The molecule has 1 saturated heterocycles. The standard InChI is InChI=1S/C21H23F3N2O3S2/c1-30-18-5-7-19(8-6-18)31(28,29)26-11-9-16(10-12-26)20(27)25-14-15-3-2-4-17(13-15)21(22,23)24/h2-8,13,16H,9-12,14H2,1H3,(H,25,27). The van der Waals surface area contributed by atoms with E-state index < -0.39 is 21.8 Å². The highest BCUT2D eigenvalue weighted by Crippen LogP contribution is 2.30. The van der Waals surface area contributed by atoms with Crippen LogP contribution in [-0.4, -0.2) is 38.0 Å². The number of carbonyl (C=O) groups is 1. The summed E-state index contributed by atoms with van der Waals surface area (Å²) in [4.78, 5) is 13.6. The molecule has 0 unspecified atom stereocenters. The predicted molar refractivity (Wildman–Crippen MR) is 113 cm³/mol. The van der Waals surface area contributed by atoms with Crippen molar-refractivity contribution in [1.29, 1.82) is 0 Å². The van der Waals surface area contributed by atoms with Crippen LogP contribution in [0.1, 0.15) is 24.0 Å². The molecule has 31 heavy (non-hydrogen) atoms. The van der Waals surface area contributed by atoms with Gasteiger partial charge in [-0.3, -0.25) is 4.79 Å². The summed E-state index contributed by atoms with van der Waals surface area (Å²) in [5.41, 5.74) is -0.403. The molecule has 0 radical (unpaired) electrons. The van der Waals surface area contributed by atoms with Gasteiger partial charge in [-0.25, -0.2) is 8.42 Å². The van der Waals surface area contributed by atoms with E-state index in [9.17, 15) is 26.4 Å². The molecule has 1 heterocycles. The Morgan fingerprint density at radius 2 is 1.77 bits per heavy atom. The third-order valence-electron chi connectivity index (χ3n) is 5.24. The van der Waals surface area contributed by atoms with Gasteiger partial charge in [0.15, 0.2) is 0 Å². The van der Waals surface area contributed by atoms with Crippen LogP contribution in [-0.2, 0) is 27.5 Å². The number of sulfonamides is 1. The lowest BCUT2D eigenvalue weighted by atomic mass is 9.97. The summed E-state index contributed by atoms with van der Waals surface area (Å²) in [7, 11) is -3.62. The van der Waals surface area contributed by atoms with Crippen molar-refractivity contribution < 1.29 is 26.4 Å². The average Bonchev–Trinajstić information content (AvgIpc) is 2.77. The van der Waals surface area contributed by atoms with Gasteiger partial charge in [-0.15, -0.1) is 11.8 Å². The van der Waals surface area contributed by atoms with Gasteiger partial charge in [0.2, 0.25) is 15.9 Å². The smallest absolute Gasteiger partial charge is 0.352 e.